The number of fused-ring (bicyclic) bond motifs is 1. The van der Waals surface area contributed by atoms with E-state index in [1.54, 1.807) is 54.5 Å². The number of carbonyl (C=O) groups is 1. The Morgan fingerprint density at radius 2 is 2.03 bits per heavy atom. The van der Waals surface area contributed by atoms with Crippen molar-refractivity contribution >= 4 is 73.3 Å². The number of thiophene rings is 1. The summed E-state index contributed by atoms with van der Waals surface area (Å²) in [6.07, 6.45) is 6.89. The number of rotatable bonds is 7. The zero-order chi connectivity index (χ0) is 26.8. The molecule has 1 aliphatic heterocycles. The fourth-order valence-electron chi connectivity index (χ4n) is 4.27. The van der Waals surface area contributed by atoms with Crippen molar-refractivity contribution in [1.82, 2.24) is 29.2 Å². The van der Waals surface area contributed by atoms with Crippen molar-refractivity contribution < 1.29 is 9.53 Å². The maximum absolute atomic E-state index is 11.7. The Morgan fingerprint density at radius 1 is 1.15 bits per heavy atom. The van der Waals surface area contributed by atoms with Gasteiger partial charge in [-0.15, -0.1) is 11.3 Å². The summed E-state index contributed by atoms with van der Waals surface area (Å²) >= 11 is 10.5. The van der Waals surface area contributed by atoms with Crippen LogP contribution in [0.5, 0.6) is 11.5 Å². The standard InChI is InChI=1S/C26H22ClN7O2S3/c1-15(35)34-9-5-16(6-10-34)24-31-26(39-33-24)32-25-20(36-17-2-3-22(27)29-13-17)12-18(14-30-25)38-21-4-8-28-19-7-11-37-23(19)21/h2-4,7-8,11-14,16H,5-6,9-10H2,1H3,(H,30,31,32,33). The Balaban J connectivity index is 1.25. The number of hydrogen-bond acceptors (Lipinski definition) is 11. The first kappa shape index (κ1) is 25.9. The third-order valence-corrected chi connectivity index (χ3v) is 9.22. The zero-order valence-corrected chi connectivity index (χ0v) is 23.9. The molecule has 198 valence electrons. The average molecular weight is 596 g/mol. The molecule has 0 aromatic carbocycles. The van der Waals surface area contributed by atoms with Crippen LogP contribution in [0.1, 0.15) is 31.5 Å². The van der Waals surface area contributed by atoms with Gasteiger partial charge in [0, 0.05) is 65.7 Å². The molecule has 0 aliphatic carbocycles. The number of anilines is 2. The number of nitrogens with zero attached hydrogens (tertiary/aromatic N) is 6. The predicted octanol–water partition coefficient (Wildman–Crippen LogP) is 7.00. The molecule has 1 N–H and O–H groups in total. The Labute approximate surface area is 241 Å². The summed E-state index contributed by atoms with van der Waals surface area (Å²) < 4.78 is 11.9. The minimum atomic E-state index is 0.113. The number of nitrogens with one attached hydrogen (secondary N) is 1. The highest BCUT2D eigenvalue weighted by Gasteiger charge is 2.25. The SMILES string of the molecule is CC(=O)N1CCC(c2nsc(Nc3ncc(Sc4ccnc5ccsc45)cc3Oc3ccc(Cl)nc3)n2)CC1. The molecule has 9 nitrogen and oxygen atoms in total. The fourth-order valence-corrected chi connectivity index (χ4v) is 6.90. The molecule has 0 spiro atoms. The van der Waals surface area contributed by atoms with Crippen LogP contribution in [0.4, 0.5) is 10.9 Å². The van der Waals surface area contributed by atoms with E-state index in [-0.39, 0.29) is 11.8 Å². The monoisotopic (exact) mass is 595 g/mol. The van der Waals surface area contributed by atoms with Crippen molar-refractivity contribution in [3.05, 3.63) is 65.3 Å². The number of carbonyl (C=O) groups excluding carboxylic acids is 1. The molecule has 1 aliphatic rings. The maximum Gasteiger partial charge on any atom is 0.219 e. The molecule has 0 unspecified atom stereocenters. The van der Waals surface area contributed by atoms with E-state index in [0.717, 1.165) is 51.8 Å². The number of hydrogen-bond donors (Lipinski definition) is 1. The summed E-state index contributed by atoms with van der Waals surface area (Å²) in [6.45, 7) is 3.07. The van der Waals surface area contributed by atoms with Crippen LogP contribution in [-0.2, 0) is 4.79 Å². The van der Waals surface area contributed by atoms with Crippen LogP contribution in [-0.4, -0.2) is 48.2 Å². The van der Waals surface area contributed by atoms with Gasteiger partial charge in [-0.1, -0.05) is 23.4 Å². The van der Waals surface area contributed by atoms with Crippen molar-refractivity contribution in [2.45, 2.75) is 35.5 Å². The highest BCUT2D eigenvalue weighted by molar-refractivity contribution is 7.99. The van der Waals surface area contributed by atoms with Gasteiger partial charge in [-0.3, -0.25) is 9.78 Å². The fraction of sp³-hybridized carbons (Fsp3) is 0.231. The molecule has 5 aromatic heterocycles. The number of likely N-dealkylation sites (tertiary alicyclic amines) is 1. The highest BCUT2D eigenvalue weighted by atomic mass is 35.5. The summed E-state index contributed by atoms with van der Waals surface area (Å²) in [5.41, 5.74) is 0.971. The minimum absolute atomic E-state index is 0.113. The summed E-state index contributed by atoms with van der Waals surface area (Å²) in [6, 6.07) is 9.39. The van der Waals surface area contributed by atoms with Gasteiger partial charge in [0.05, 0.1) is 16.4 Å². The van der Waals surface area contributed by atoms with Gasteiger partial charge in [0.1, 0.15) is 16.7 Å². The lowest BCUT2D eigenvalue weighted by atomic mass is 9.96. The van der Waals surface area contributed by atoms with E-state index in [1.807, 2.05) is 34.7 Å². The molecule has 13 heteroatoms. The van der Waals surface area contributed by atoms with E-state index in [4.69, 9.17) is 21.3 Å². The van der Waals surface area contributed by atoms with Crippen molar-refractivity contribution in [2.75, 3.05) is 18.4 Å². The van der Waals surface area contributed by atoms with E-state index in [1.165, 1.54) is 11.5 Å². The number of aromatic nitrogens is 5. The van der Waals surface area contributed by atoms with Crippen LogP contribution in [0, 0.1) is 0 Å². The summed E-state index contributed by atoms with van der Waals surface area (Å²) in [5.74, 6) is 2.70. The molecule has 1 saturated heterocycles. The zero-order valence-electron chi connectivity index (χ0n) is 20.7. The van der Waals surface area contributed by atoms with Gasteiger partial charge in [-0.2, -0.15) is 4.37 Å². The average Bonchev–Trinajstić information content (AvgIpc) is 3.62. The normalized spacial score (nSPS) is 14.1. The summed E-state index contributed by atoms with van der Waals surface area (Å²) in [7, 11) is 0. The van der Waals surface area contributed by atoms with E-state index >= 15 is 0 Å². The van der Waals surface area contributed by atoms with Gasteiger partial charge in [0.2, 0.25) is 11.0 Å². The number of pyridine rings is 3. The summed E-state index contributed by atoms with van der Waals surface area (Å²) in [4.78, 5) is 33.5. The van der Waals surface area contributed by atoms with Crippen LogP contribution < -0.4 is 10.1 Å². The molecular weight excluding hydrogens is 574 g/mol. The minimum Gasteiger partial charge on any atom is -0.452 e. The van der Waals surface area contributed by atoms with Gasteiger partial charge in [0.15, 0.2) is 11.6 Å². The van der Waals surface area contributed by atoms with Crippen LogP contribution in [0.2, 0.25) is 5.15 Å². The maximum atomic E-state index is 11.7. The second-order valence-electron chi connectivity index (χ2n) is 8.85. The van der Waals surface area contributed by atoms with Gasteiger partial charge >= 0.3 is 0 Å². The van der Waals surface area contributed by atoms with Gasteiger partial charge < -0.3 is 15.0 Å². The van der Waals surface area contributed by atoms with Crippen LogP contribution in [0.3, 0.4) is 0 Å². The lowest BCUT2D eigenvalue weighted by molar-refractivity contribution is -0.129. The lowest BCUT2D eigenvalue weighted by Crippen LogP contribution is -2.36. The number of piperidine rings is 1. The summed E-state index contributed by atoms with van der Waals surface area (Å²) in [5, 5.41) is 6.34. The molecule has 6 heterocycles. The number of halogens is 1. The molecule has 0 atom stereocenters. The number of ether oxygens (including phenoxy) is 1. The topological polar surface area (TPSA) is 106 Å². The van der Waals surface area contributed by atoms with Crippen LogP contribution >= 0.6 is 46.2 Å². The van der Waals surface area contributed by atoms with Crippen molar-refractivity contribution in [3.8, 4) is 11.5 Å². The molecule has 0 saturated carbocycles. The second kappa shape index (κ2) is 11.4. The number of amides is 1. The van der Waals surface area contributed by atoms with E-state index in [0.29, 0.717) is 27.6 Å². The van der Waals surface area contributed by atoms with Crippen LogP contribution in [0.25, 0.3) is 10.2 Å². The van der Waals surface area contributed by atoms with Gasteiger partial charge in [-0.25, -0.2) is 15.0 Å². The van der Waals surface area contributed by atoms with Crippen molar-refractivity contribution in [2.24, 2.45) is 0 Å². The second-order valence-corrected chi connectivity index (χ2v) is 12.0. The first-order valence-electron chi connectivity index (χ1n) is 12.2. The molecule has 1 fully saturated rings. The Bertz CT molecular complexity index is 1620. The Hall–Kier alpha value is -3.32. The van der Waals surface area contributed by atoms with Crippen molar-refractivity contribution in [3.63, 3.8) is 0 Å². The largest absolute Gasteiger partial charge is 0.452 e. The smallest absolute Gasteiger partial charge is 0.219 e. The van der Waals surface area contributed by atoms with E-state index in [9.17, 15) is 4.79 Å². The van der Waals surface area contributed by atoms with Crippen molar-refractivity contribution in [1.29, 1.82) is 0 Å². The Morgan fingerprint density at radius 3 is 2.82 bits per heavy atom. The van der Waals surface area contributed by atoms with Gasteiger partial charge in [-0.05, 0) is 42.5 Å². The predicted molar refractivity (Wildman–Crippen MR) is 155 cm³/mol. The molecule has 0 bridgehead atoms. The van der Waals surface area contributed by atoms with E-state index < -0.39 is 0 Å². The molecule has 39 heavy (non-hydrogen) atoms. The van der Waals surface area contributed by atoms with E-state index in [2.05, 4.69) is 24.6 Å². The van der Waals surface area contributed by atoms with Crippen LogP contribution in [0.15, 0.2) is 64.1 Å². The van der Waals surface area contributed by atoms with Gasteiger partial charge in [0.25, 0.3) is 0 Å². The quantitative estimate of drug-likeness (QED) is 0.199. The highest BCUT2D eigenvalue weighted by Crippen LogP contribution is 2.39. The molecular formula is C26H22ClN7O2S3. The molecule has 0 radical (unpaired) electrons. The molecule has 1 amide bonds. The Kier molecular flexibility index (Phi) is 7.60. The lowest BCUT2D eigenvalue weighted by Gasteiger charge is -2.29. The first-order chi connectivity index (χ1) is 19.0. The third-order valence-electron chi connectivity index (χ3n) is 6.26. The molecule has 5 aromatic rings. The molecule has 6 rings (SSSR count). The third kappa shape index (κ3) is 5.98. The first-order valence-corrected chi connectivity index (χ1v) is 15.0.